The molecular weight excluding hydrogens is 513 g/mol. The van der Waals surface area contributed by atoms with Crippen LogP contribution >= 0.6 is 12.2 Å². The van der Waals surface area contributed by atoms with Crippen molar-refractivity contribution in [1.29, 1.82) is 0 Å². The first-order valence-electron chi connectivity index (χ1n) is 11.0. The van der Waals surface area contributed by atoms with Crippen LogP contribution < -0.4 is 21.3 Å². The minimum atomic E-state index is -5.35. The number of rotatable bonds is 10. The number of alkyl halides is 3. The molecule has 0 aliphatic carbocycles. The second-order valence-electron chi connectivity index (χ2n) is 7.60. The van der Waals surface area contributed by atoms with Gasteiger partial charge in [-0.1, -0.05) is 54.6 Å². The van der Waals surface area contributed by atoms with Crippen LogP contribution in [0.1, 0.15) is 24.4 Å². The molecule has 0 saturated carbocycles. The lowest BCUT2D eigenvalue weighted by Crippen LogP contribution is -2.41. The van der Waals surface area contributed by atoms with E-state index < -0.39 is 48.9 Å². The molecule has 0 aliphatic heterocycles. The molecule has 4 N–H and O–H groups in total. The van der Waals surface area contributed by atoms with Crippen molar-refractivity contribution in [3.63, 3.8) is 0 Å². The molecule has 1 unspecified atom stereocenters. The Kier molecular flexibility index (Phi) is 11.0. The Morgan fingerprint density at radius 3 is 2.14 bits per heavy atom. The Morgan fingerprint density at radius 2 is 1.54 bits per heavy atom. The van der Waals surface area contributed by atoms with E-state index in [4.69, 9.17) is 12.2 Å². The van der Waals surface area contributed by atoms with Crippen LogP contribution in [0.25, 0.3) is 11.1 Å². The number of carbonyl (C=O) groups is 4. The molecule has 0 aromatic heterocycles. The number of ether oxygens (including phenoxy) is 1. The van der Waals surface area contributed by atoms with Gasteiger partial charge in [0, 0.05) is 20.0 Å². The summed E-state index contributed by atoms with van der Waals surface area (Å²) in [6.45, 7) is -0.229. The molecule has 0 radical (unpaired) electrons. The Balaban J connectivity index is 2.06. The molecule has 0 fully saturated rings. The van der Waals surface area contributed by atoms with E-state index in [-0.39, 0.29) is 13.0 Å². The van der Waals surface area contributed by atoms with Gasteiger partial charge in [0.25, 0.3) is 0 Å². The highest BCUT2D eigenvalue weighted by Crippen LogP contribution is 2.24. The summed E-state index contributed by atoms with van der Waals surface area (Å²) in [5.74, 6) is -5.30. The molecule has 0 bridgehead atoms. The van der Waals surface area contributed by atoms with Crippen LogP contribution in [0.4, 0.5) is 13.2 Å². The van der Waals surface area contributed by atoms with Crippen molar-refractivity contribution in [3.05, 3.63) is 60.2 Å². The summed E-state index contributed by atoms with van der Waals surface area (Å²) in [6.07, 6.45) is -6.08. The van der Waals surface area contributed by atoms with Crippen LogP contribution in [0.5, 0.6) is 0 Å². The molecule has 0 aliphatic rings. The highest BCUT2D eigenvalue weighted by atomic mass is 32.1. The summed E-state index contributed by atoms with van der Waals surface area (Å²) in [6, 6.07) is 14.8. The van der Waals surface area contributed by atoms with Crippen molar-refractivity contribution in [2.75, 3.05) is 20.1 Å². The molecule has 13 heteroatoms. The number of benzene rings is 2. The maximum atomic E-state index is 12.5. The largest absolute Gasteiger partial charge is 0.491 e. The lowest BCUT2D eigenvalue weighted by Gasteiger charge is -2.19. The molecule has 2 rings (SSSR count). The number of amides is 2. The van der Waals surface area contributed by atoms with Gasteiger partial charge < -0.3 is 26.0 Å². The van der Waals surface area contributed by atoms with Gasteiger partial charge in [-0.3, -0.25) is 14.4 Å². The number of halogens is 3. The summed E-state index contributed by atoms with van der Waals surface area (Å²) in [5.41, 5.74) is 2.10. The van der Waals surface area contributed by atoms with Gasteiger partial charge in [-0.05, 0) is 28.9 Å². The molecule has 0 saturated heterocycles. The number of hydrogen-bond donors (Lipinski definition) is 4. The second-order valence-corrected chi connectivity index (χ2v) is 8.01. The van der Waals surface area contributed by atoms with Gasteiger partial charge >= 0.3 is 18.1 Å². The van der Waals surface area contributed by atoms with Crippen molar-refractivity contribution < 1.29 is 37.1 Å². The summed E-state index contributed by atoms with van der Waals surface area (Å²) in [4.78, 5) is 47.4. The summed E-state index contributed by atoms with van der Waals surface area (Å²) in [7, 11) is 1.61. The third-order valence-electron chi connectivity index (χ3n) is 4.87. The minimum absolute atomic E-state index is 0.0192. The predicted molar refractivity (Wildman–Crippen MR) is 132 cm³/mol. The highest BCUT2D eigenvalue weighted by molar-refractivity contribution is 7.80. The number of hydrogen-bond acceptors (Lipinski definition) is 6. The number of esters is 2. The molecule has 37 heavy (non-hydrogen) atoms. The van der Waals surface area contributed by atoms with E-state index in [9.17, 15) is 32.3 Å². The van der Waals surface area contributed by atoms with Gasteiger partial charge in [0.15, 0.2) is 5.11 Å². The monoisotopic (exact) mass is 538 g/mol. The third-order valence-corrected chi connectivity index (χ3v) is 5.22. The van der Waals surface area contributed by atoms with Crippen LogP contribution in [-0.2, 0) is 23.9 Å². The summed E-state index contributed by atoms with van der Waals surface area (Å²) >= 11 is 4.88. The van der Waals surface area contributed by atoms with Crippen LogP contribution in [0.15, 0.2) is 54.6 Å². The van der Waals surface area contributed by atoms with Gasteiger partial charge in [-0.2, -0.15) is 13.2 Å². The first-order valence-corrected chi connectivity index (χ1v) is 11.4. The van der Waals surface area contributed by atoms with Crippen molar-refractivity contribution in [1.82, 2.24) is 21.3 Å². The molecule has 0 heterocycles. The normalized spacial score (nSPS) is 11.6. The standard InChI is InChI=1S/C24H25F3N4O5S/c1-28-23(37)29-12-11-19(32)30-14-20(33)31-18(13-21(34)36-22(35)24(25,26)27)17-9-7-16(8-10-17)15-5-3-2-4-6-15/h2-10,18H,11-14H2,1H3,(H,30,32)(H,31,33)(H2,28,29,37). The lowest BCUT2D eigenvalue weighted by molar-refractivity contribution is -0.202. The molecule has 2 amide bonds. The Hall–Kier alpha value is -4.00. The fraction of sp³-hybridized carbons (Fsp3) is 0.292. The molecular formula is C24H25F3N4O5S. The average molecular weight is 539 g/mol. The Labute approximate surface area is 216 Å². The number of thiocarbonyl (C=S) groups is 1. The zero-order valence-corrected chi connectivity index (χ0v) is 20.5. The smallest absolute Gasteiger partial charge is 0.386 e. The quantitative estimate of drug-likeness (QED) is 0.206. The molecule has 0 spiro atoms. The van der Waals surface area contributed by atoms with Crippen LogP contribution in [0.2, 0.25) is 0 Å². The van der Waals surface area contributed by atoms with Crippen LogP contribution in [0, 0.1) is 0 Å². The van der Waals surface area contributed by atoms with E-state index in [1.54, 1.807) is 31.3 Å². The summed E-state index contributed by atoms with van der Waals surface area (Å²) < 4.78 is 41.3. The van der Waals surface area contributed by atoms with Crippen molar-refractivity contribution >= 4 is 41.1 Å². The molecule has 1 atom stereocenters. The molecule has 198 valence electrons. The van der Waals surface area contributed by atoms with Crippen molar-refractivity contribution in [2.24, 2.45) is 0 Å². The van der Waals surface area contributed by atoms with Crippen LogP contribution in [-0.4, -0.2) is 55.2 Å². The van der Waals surface area contributed by atoms with Crippen molar-refractivity contribution in [2.45, 2.75) is 25.1 Å². The maximum Gasteiger partial charge on any atom is 0.491 e. The van der Waals surface area contributed by atoms with Gasteiger partial charge in [-0.25, -0.2) is 4.79 Å². The topological polar surface area (TPSA) is 126 Å². The Bertz CT molecular complexity index is 1110. The van der Waals surface area contributed by atoms with Gasteiger partial charge in [-0.15, -0.1) is 0 Å². The third kappa shape index (κ3) is 10.3. The SMILES string of the molecule is CNC(=S)NCCC(=O)NCC(=O)NC(CC(=O)OC(=O)C(F)(F)F)c1ccc(-c2ccccc2)cc1. The fourth-order valence-corrected chi connectivity index (χ4v) is 3.15. The number of carbonyl (C=O) groups excluding carboxylic acids is 4. The lowest BCUT2D eigenvalue weighted by atomic mass is 9.99. The molecule has 9 nitrogen and oxygen atoms in total. The van der Waals surface area contributed by atoms with Crippen molar-refractivity contribution in [3.8, 4) is 11.1 Å². The van der Waals surface area contributed by atoms with E-state index in [0.29, 0.717) is 10.7 Å². The molecule has 2 aromatic carbocycles. The average Bonchev–Trinajstić information content (AvgIpc) is 2.87. The predicted octanol–water partition coefficient (Wildman–Crippen LogP) is 2.13. The van der Waals surface area contributed by atoms with E-state index in [1.807, 2.05) is 30.3 Å². The minimum Gasteiger partial charge on any atom is -0.386 e. The molecule has 2 aromatic rings. The van der Waals surface area contributed by atoms with E-state index >= 15 is 0 Å². The van der Waals surface area contributed by atoms with E-state index in [0.717, 1.165) is 11.1 Å². The van der Waals surface area contributed by atoms with Gasteiger partial charge in [0.2, 0.25) is 11.8 Å². The first kappa shape index (κ1) is 29.2. The zero-order valence-electron chi connectivity index (χ0n) is 19.7. The van der Waals surface area contributed by atoms with Gasteiger partial charge in [0.1, 0.15) is 0 Å². The Morgan fingerprint density at radius 1 is 0.919 bits per heavy atom. The number of nitrogens with one attached hydrogen (secondary N) is 4. The van der Waals surface area contributed by atoms with Gasteiger partial charge in [0.05, 0.1) is 19.0 Å². The van der Waals surface area contributed by atoms with E-state index in [2.05, 4.69) is 26.0 Å². The fourth-order valence-electron chi connectivity index (χ4n) is 3.05. The van der Waals surface area contributed by atoms with Crippen LogP contribution in [0.3, 0.4) is 0 Å². The first-order chi connectivity index (χ1) is 17.5. The maximum absolute atomic E-state index is 12.5. The summed E-state index contributed by atoms with van der Waals surface area (Å²) in [5, 5.41) is 10.7. The zero-order chi connectivity index (χ0) is 27.4. The second kappa shape index (κ2) is 13.9. The highest BCUT2D eigenvalue weighted by Gasteiger charge is 2.42. The van der Waals surface area contributed by atoms with E-state index in [1.165, 1.54) is 0 Å².